The van der Waals surface area contributed by atoms with E-state index in [1.54, 1.807) is 25.3 Å². The van der Waals surface area contributed by atoms with Crippen molar-refractivity contribution in [2.45, 2.75) is 49.6 Å². The lowest BCUT2D eigenvalue weighted by atomic mass is 9.94. The summed E-state index contributed by atoms with van der Waals surface area (Å²) in [5, 5.41) is 4.19. The summed E-state index contributed by atoms with van der Waals surface area (Å²) >= 11 is 0. The van der Waals surface area contributed by atoms with Gasteiger partial charge in [-0.1, -0.05) is 31.2 Å². The van der Waals surface area contributed by atoms with Gasteiger partial charge < -0.3 is 19.5 Å². The minimum absolute atomic E-state index is 0.0864. The molecular formula is C28H37N3O5S. The van der Waals surface area contributed by atoms with E-state index in [4.69, 9.17) is 19.2 Å². The van der Waals surface area contributed by atoms with Crippen molar-refractivity contribution in [2.24, 2.45) is 0 Å². The first-order valence-electron chi connectivity index (χ1n) is 12.8. The number of aryl methyl sites for hydroxylation is 1. The molecule has 1 aromatic heterocycles. The van der Waals surface area contributed by atoms with E-state index in [0.717, 1.165) is 23.1 Å². The van der Waals surface area contributed by atoms with Crippen molar-refractivity contribution in [1.82, 2.24) is 9.71 Å². The monoisotopic (exact) mass is 527 g/mol. The normalized spacial score (nSPS) is 16.5. The Morgan fingerprint density at radius 1 is 1.05 bits per heavy atom. The largest absolute Gasteiger partial charge is 0.382 e. The van der Waals surface area contributed by atoms with Crippen LogP contribution in [0.1, 0.15) is 43.9 Å². The summed E-state index contributed by atoms with van der Waals surface area (Å²) in [6.07, 6.45) is 2.26. The molecule has 37 heavy (non-hydrogen) atoms. The molecule has 0 unspecified atom stereocenters. The van der Waals surface area contributed by atoms with Crippen LogP contribution in [0.15, 0.2) is 59.5 Å². The van der Waals surface area contributed by atoms with E-state index in [1.807, 2.05) is 12.1 Å². The lowest BCUT2D eigenvalue weighted by molar-refractivity contribution is -0.115. The van der Waals surface area contributed by atoms with Gasteiger partial charge in [-0.25, -0.2) is 18.1 Å². The molecule has 0 radical (unpaired) electrons. The summed E-state index contributed by atoms with van der Waals surface area (Å²) in [4.78, 5) is 4.90. The lowest BCUT2D eigenvalue weighted by Crippen LogP contribution is -2.49. The second kappa shape index (κ2) is 12.3. The highest BCUT2D eigenvalue weighted by molar-refractivity contribution is 7.89. The number of ether oxygens (including phenoxy) is 3. The Morgan fingerprint density at radius 2 is 1.81 bits per heavy atom. The molecule has 2 aromatic carbocycles. The molecule has 8 nitrogen and oxygen atoms in total. The Kier molecular flexibility index (Phi) is 9.15. The quantitative estimate of drug-likeness (QED) is 0.336. The molecule has 0 aliphatic carbocycles. The fourth-order valence-corrected chi connectivity index (χ4v) is 5.61. The van der Waals surface area contributed by atoms with Gasteiger partial charge in [0.2, 0.25) is 10.0 Å². The number of rotatable bonds is 12. The predicted molar refractivity (Wildman–Crippen MR) is 145 cm³/mol. The average Bonchev–Trinajstić information content (AvgIpc) is 2.92. The second-order valence-corrected chi connectivity index (χ2v) is 11.2. The molecule has 3 aromatic rings. The van der Waals surface area contributed by atoms with Crippen LogP contribution < -0.4 is 10.0 Å². The summed E-state index contributed by atoms with van der Waals surface area (Å²) in [7, 11) is -2.12. The highest BCUT2D eigenvalue weighted by Crippen LogP contribution is 2.27. The van der Waals surface area contributed by atoms with E-state index in [-0.39, 0.29) is 17.5 Å². The first-order valence-corrected chi connectivity index (χ1v) is 14.3. The van der Waals surface area contributed by atoms with Crippen LogP contribution in [0.3, 0.4) is 0 Å². The van der Waals surface area contributed by atoms with Crippen LogP contribution in [0.4, 0.5) is 5.82 Å². The average molecular weight is 528 g/mol. The Hall–Kier alpha value is -2.56. The van der Waals surface area contributed by atoms with Crippen LogP contribution in [0.25, 0.3) is 10.9 Å². The summed E-state index contributed by atoms with van der Waals surface area (Å²) < 4.78 is 45.7. The molecule has 1 atom stereocenters. The van der Waals surface area contributed by atoms with Crippen LogP contribution >= 0.6 is 0 Å². The molecule has 2 N–H and O–H groups in total. The van der Waals surface area contributed by atoms with Crippen molar-refractivity contribution in [2.75, 3.05) is 45.4 Å². The van der Waals surface area contributed by atoms with Crippen molar-refractivity contribution in [3.63, 3.8) is 0 Å². The molecule has 200 valence electrons. The highest BCUT2D eigenvalue weighted by atomic mass is 32.2. The van der Waals surface area contributed by atoms with E-state index in [0.29, 0.717) is 39.3 Å². The zero-order valence-corrected chi connectivity index (χ0v) is 22.6. The molecule has 0 saturated carbocycles. The van der Waals surface area contributed by atoms with Crippen LogP contribution in [-0.4, -0.2) is 59.1 Å². The standard InChI is InChI=1S/C28H37N3O5S/c1-4-22-5-7-23(8-6-22)21(2)30-27-12-9-24-19-25(10-11-26(24)31-27)37(32,33)29-20-28(36-18-17-34-3)13-15-35-16-14-28/h5-12,19,21,29H,4,13-18,20H2,1-3H3,(H,30,31)/t21-/m1/s1. The molecule has 1 saturated heterocycles. The molecule has 0 bridgehead atoms. The number of fused-ring (bicyclic) bond motifs is 1. The number of hydrogen-bond donors (Lipinski definition) is 2. The topological polar surface area (TPSA) is 98.8 Å². The van der Waals surface area contributed by atoms with Gasteiger partial charge in [0.05, 0.1) is 29.2 Å². The van der Waals surface area contributed by atoms with Gasteiger partial charge in [-0.05, 0) is 54.8 Å². The first-order chi connectivity index (χ1) is 17.8. The maximum Gasteiger partial charge on any atom is 0.240 e. The Bertz CT molecular complexity index is 1270. The fourth-order valence-electron chi connectivity index (χ4n) is 4.47. The maximum atomic E-state index is 13.2. The number of sulfonamides is 1. The first kappa shape index (κ1) is 27.5. The number of pyridine rings is 1. The molecule has 1 aliphatic rings. The molecule has 1 aliphatic heterocycles. The third-order valence-electron chi connectivity index (χ3n) is 6.91. The number of aromatic nitrogens is 1. The summed E-state index contributed by atoms with van der Waals surface area (Å²) in [6.45, 7) is 6.35. The van der Waals surface area contributed by atoms with Gasteiger partial charge in [-0.15, -0.1) is 0 Å². The Morgan fingerprint density at radius 3 is 2.51 bits per heavy atom. The molecule has 1 fully saturated rings. The molecule has 0 spiro atoms. The number of anilines is 1. The van der Waals surface area contributed by atoms with Crippen molar-refractivity contribution < 1.29 is 22.6 Å². The number of nitrogens with one attached hydrogen (secondary N) is 2. The van der Waals surface area contributed by atoms with Crippen LogP contribution in [0.5, 0.6) is 0 Å². The second-order valence-electron chi connectivity index (χ2n) is 9.47. The van der Waals surface area contributed by atoms with Crippen LogP contribution in [-0.2, 0) is 30.7 Å². The van der Waals surface area contributed by atoms with E-state index in [2.05, 4.69) is 48.2 Å². The minimum Gasteiger partial charge on any atom is -0.382 e. The smallest absolute Gasteiger partial charge is 0.240 e. The van der Waals surface area contributed by atoms with Gasteiger partial charge in [-0.2, -0.15) is 0 Å². The van der Waals surface area contributed by atoms with Crippen LogP contribution in [0, 0.1) is 0 Å². The van der Waals surface area contributed by atoms with Crippen molar-refractivity contribution in [3.8, 4) is 0 Å². The van der Waals surface area contributed by atoms with E-state index in [1.165, 1.54) is 11.1 Å². The zero-order valence-electron chi connectivity index (χ0n) is 21.8. The summed E-state index contributed by atoms with van der Waals surface area (Å²) in [5.74, 6) is 0.739. The van der Waals surface area contributed by atoms with E-state index >= 15 is 0 Å². The highest BCUT2D eigenvalue weighted by Gasteiger charge is 2.35. The zero-order chi connectivity index (χ0) is 26.3. The molecule has 9 heteroatoms. The van der Waals surface area contributed by atoms with E-state index < -0.39 is 15.6 Å². The van der Waals surface area contributed by atoms with Gasteiger partial charge in [0.15, 0.2) is 0 Å². The van der Waals surface area contributed by atoms with E-state index in [9.17, 15) is 8.42 Å². The maximum absolute atomic E-state index is 13.2. The number of nitrogens with zero attached hydrogens (tertiary/aromatic N) is 1. The number of hydrogen-bond acceptors (Lipinski definition) is 7. The van der Waals surface area contributed by atoms with Crippen molar-refractivity contribution in [3.05, 3.63) is 65.7 Å². The van der Waals surface area contributed by atoms with Gasteiger partial charge in [0, 0.05) is 51.1 Å². The Balaban J connectivity index is 1.44. The minimum atomic E-state index is -3.74. The summed E-state index contributed by atoms with van der Waals surface area (Å²) in [5.41, 5.74) is 2.61. The third-order valence-corrected chi connectivity index (χ3v) is 8.31. The third kappa shape index (κ3) is 7.06. The van der Waals surface area contributed by atoms with Gasteiger partial charge in [-0.3, -0.25) is 0 Å². The summed E-state index contributed by atoms with van der Waals surface area (Å²) in [6, 6.07) is 17.4. The molecule has 0 amide bonds. The SMILES string of the molecule is CCc1ccc([C@@H](C)Nc2ccc3cc(S(=O)(=O)NCC4(OCCOC)CCOCC4)ccc3n2)cc1. The fraction of sp³-hybridized carbons (Fsp3) is 0.464. The number of benzene rings is 2. The lowest BCUT2D eigenvalue weighted by Gasteiger charge is -2.37. The van der Waals surface area contributed by atoms with Crippen molar-refractivity contribution in [1.29, 1.82) is 0 Å². The Labute approximate surface area is 219 Å². The molecule has 2 heterocycles. The molecule has 4 rings (SSSR count). The van der Waals surface area contributed by atoms with Gasteiger partial charge in [0.25, 0.3) is 0 Å². The van der Waals surface area contributed by atoms with Crippen molar-refractivity contribution >= 4 is 26.7 Å². The van der Waals surface area contributed by atoms with Gasteiger partial charge >= 0.3 is 0 Å². The van der Waals surface area contributed by atoms with Crippen LogP contribution in [0.2, 0.25) is 0 Å². The predicted octanol–water partition coefficient (Wildman–Crippen LogP) is 4.46. The number of methoxy groups -OCH3 is 1. The molecular weight excluding hydrogens is 490 g/mol. The van der Waals surface area contributed by atoms with Gasteiger partial charge in [0.1, 0.15) is 5.82 Å².